The van der Waals surface area contributed by atoms with Gasteiger partial charge in [0, 0.05) is 11.6 Å². The van der Waals surface area contributed by atoms with Crippen LogP contribution in [0.5, 0.6) is 6.01 Å². The largest absolute Gasteiger partial charge is 0.403 e. The molecule has 0 saturated heterocycles. The van der Waals surface area contributed by atoms with Crippen molar-refractivity contribution in [2.45, 2.75) is 64.3 Å². The van der Waals surface area contributed by atoms with Gasteiger partial charge in [-0.2, -0.15) is 4.98 Å². The highest BCUT2D eigenvalue weighted by atomic mass is 16.6. The first-order valence-electron chi connectivity index (χ1n) is 11.5. The first kappa shape index (κ1) is 22.9. The van der Waals surface area contributed by atoms with Gasteiger partial charge in [-0.15, -0.1) is 0 Å². The average molecular weight is 451 g/mol. The van der Waals surface area contributed by atoms with Crippen LogP contribution in [-0.4, -0.2) is 15.7 Å². The molecular formula is C25H30N4O4. The molecule has 1 aromatic carbocycles. The second kappa shape index (κ2) is 9.70. The molecule has 0 spiro atoms. The number of nitrogens with two attached hydrogens (primary N) is 1. The van der Waals surface area contributed by atoms with Crippen molar-refractivity contribution in [3.63, 3.8) is 0 Å². The van der Waals surface area contributed by atoms with Gasteiger partial charge in [0.25, 0.3) is 5.56 Å². The van der Waals surface area contributed by atoms with E-state index in [1.165, 1.54) is 6.07 Å². The molecule has 0 atom stereocenters. The lowest BCUT2D eigenvalue weighted by Gasteiger charge is -2.34. The van der Waals surface area contributed by atoms with Crippen molar-refractivity contribution in [2.24, 2.45) is 16.8 Å². The number of fused-ring (bicyclic) bond motifs is 1. The smallest absolute Gasteiger partial charge is 0.337 e. The van der Waals surface area contributed by atoms with E-state index in [1.807, 2.05) is 30.3 Å². The first-order chi connectivity index (χ1) is 15.8. The molecule has 1 saturated carbocycles. The van der Waals surface area contributed by atoms with Crippen LogP contribution in [0, 0.1) is 5.92 Å². The zero-order valence-electron chi connectivity index (χ0n) is 19.1. The summed E-state index contributed by atoms with van der Waals surface area (Å²) >= 11 is 0. The minimum Gasteiger partial charge on any atom is -0.403 e. The van der Waals surface area contributed by atoms with Crippen molar-refractivity contribution in [3.8, 4) is 6.01 Å². The molecule has 1 fully saturated rings. The molecule has 1 aliphatic rings. The third-order valence-corrected chi connectivity index (χ3v) is 6.23. The van der Waals surface area contributed by atoms with E-state index in [-0.39, 0.29) is 22.6 Å². The van der Waals surface area contributed by atoms with E-state index in [0.29, 0.717) is 30.7 Å². The standard InChI is InChI=1S/C25H30N4O4/c1-16(2)7-6-8-17-15-20(30)32-23-21(17)22(31)27-24(28-23)33-29-19-11-13-25(26,14-12-19)18-9-4-3-5-10-18/h3-5,9-10,15-16H,6-8,11-14,26H2,1-2H3,(H,27,28,31). The third kappa shape index (κ3) is 5.39. The quantitative estimate of drug-likeness (QED) is 0.524. The van der Waals surface area contributed by atoms with Gasteiger partial charge < -0.3 is 15.0 Å². The summed E-state index contributed by atoms with van der Waals surface area (Å²) in [5.41, 5.74) is 7.85. The summed E-state index contributed by atoms with van der Waals surface area (Å²) in [5.74, 6) is 0.545. The number of rotatable bonds is 7. The van der Waals surface area contributed by atoms with Crippen LogP contribution >= 0.6 is 0 Å². The second-order valence-electron chi connectivity index (χ2n) is 9.20. The van der Waals surface area contributed by atoms with Crippen LogP contribution < -0.4 is 21.8 Å². The van der Waals surface area contributed by atoms with Crippen molar-refractivity contribution in [1.82, 2.24) is 9.97 Å². The third-order valence-electron chi connectivity index (χ3n) is 6.23. The van der Waals surface area contributed by atoms with Crippen molar-refractivity contribution >= 4 is 16.8 Å². The molecule has 8 heteroatoms. The number of H-pyrrole nitrogens is 1. The van der Waals surface area contributed by atoms with Crippen LogP contribution in [0.1, 0.15) is 63.5 Å². The van der Waals surface area contributed by atoms with Gasteiger partial charge in [0.2, 0.25) is 5.71 Å². The molecule has 0 aliphatic heterocycles. The van der Waals surface area contributed by atoms with Gasteiger partial charge in [-0.3, -0.25) is 9.78 Å². The molecule has 1 aliphatic carbocycles. The highest BCUT2D eigenvalue weighted by Gasteiger charge is 2.31. The zero-order chi connectivity index (χ0) is 23.4. The molecular weight excluding hydrogens is 420 g/mol. The molecule has 0 bridgehead atoms. The van der Waals surface area contributed by atoms with Crippen LogP contribution in [0.15, 0.2) is 55.6 Å². The lowest BCUT2D eigenvalue weighted by molar-refractivity contribution is 0.299. The maximum atomic E-state index is 12.7. The minimum absolute atomic E-state index is 0.0327. The molecule has 2 aromatic heterocycles. The Bertz CT molecular complexity index is 1250. The van der Waals surface area contributed by atoms with Gasteiger partial charge >= 0.3 is 11.6 Å². The maximum Gasteiger partial charge on any atom is 0.337 e. The Morgan fingerprint density at radius 3 is 2.64 bits per heavy atom. The molecule has 33 heavy (non-hydrogen) atoms. The van der Waals surface area contributed by atoms with Gasteiger partial charge in [-0.25, -0.2) is 4.79 Å². The normalized spacial score (nSPS) is 18.6. The van der Waals surface area contributed by atoms with Gasteiger partial charge in [0.1, 0.15) is 5.39 Å². The van der Waals surface area contributed by atoms with Gasteiger partial charge in [0.15, 0.2) is 0 Å². The molecule has 0 amide bonds. The van der Waals surface area contributed by atoms with Crippen molar-refractivity contribution in [1.29, 1.82) is 0 Å². The summed E-state index contributed by atoms with van der Waals surface area (Å²) in [6.45, 7) is 4.27. The van der Waals surface area contributed by atoms with E-state index in [0.717, 1.165) is 37.0 Å². The van der Waals surface area contributed by atoms with E-state index in [1.54, 1.807) is 0 Å². The molecule has 2 heterocycles. The molecule has 8 nitrogen and oxygen atoms in total. The van der Waals surface area contributed by atoms with Crippen molar-refractivity contribution in [2.75, 3.05) is 0 Å². The Balaban J connectivity index is 1.49. The fraction of sp³-hybridized carbons (Fsp3) is 0.440. The Morgan fingerprint density at radius 1 is 1.21 bits per heavy atom. The summed E-state index contributed by atoms with van der Waals surface area (Å²) < 4.78 is 5.19. The van der Waals surface area contributed by atoms with Crippen LogP contribution in [-0.2, 0) is 12.0 Å². The number of benzene rings is 1. The highest BCUT2D eigenvalue weighted by Crippen LogP contribution is 2.33. The van der Waals surface area contributed by atoms with Gasteiger partial charge in [-0.05, 0) is 55.6 Å². The molecule has 0 unspecified atom stereocenters. The average Bonchev–Trinajstić information content (AvgIpc) is 2.78. The molecule has 3 N–H and O–H groups in total. The molecule has 3 aromatic rings. The van der Waals surface area contributed by atoms with E-state index in [2.05, 4.69) is 29.0 Å². The van der Waals surface area contributed by atoms with Crippen LogP contribution in [0.2, 0.25) is 0 Å². The fourth-order valence-corrected chi connectivity index (χ4v) is 4.31. The number of nitrogens with one attached hydrogen (secondary N) is 1. The number of hydrogen-bond acceptors (Lipinski definition) is 7. The number of hydrogen-bond donors (Lipinski definition) is 2. The Hall–Kier alpha value is -3.26. The van der Waals surface area contributed by atoms with Crippen molar-refractivity contribution in [3.05, 3.63) is 68.3 Å². The fourth-order valence-electron chi connectivity index (χ4n) is 4.31. The number of aromatic nitrogens is 2. The summed E-state index contributed by atoms with van der Waals surface area (Å²) in [7, 11) is 0. The minimum atomic E-state index is -0.537. The SMILES string of the molecule is CC(C)CCCc1cc(=O)oc2nc(ON=C3CCC(N)(c4ccccc4)CC3)[nH]c(=O)c12. The predicted octanol–water partition coefficient (Wildman–Crippen LogP) is 4.02. The van der Waals surface area contributed by atoms with E-state index >= 15 is 0 Å². The number of nitrogens with zero attached hydrogens (tertiary/aromatic N) is 2. The lowest BCUT2D eigenvalue weighted by Crippen LogP contribution is -2.40. The van der Waals surface area contributed by atoms with E-state index in [9.17, 15) is 9.59 Å². The molecule has 4 rings (SSSR count). The lowest BCUT2D eigenvalue weighted by atomic mass is 9.77. The monoisotopic (exact) mass is 450 g/mol. The first-order valence-corrected chi connectivity index (χ1v) is 11.5. The summed E-state index contributed by atoms with van der Waals surface area (Å²) in [6.07, 6.45) is 5.32. The number of aromatic amines is 1. The highest BCUT2D eigenvalue weighted by molar-refractivity contribution is 5.85. The number of aryl methyl sites for hydroxylation is 1. The van der Waals surface area contributed by atoms with E-state index in [4.69, 9.17) is 15.0 Å². The van der Waals surface area contributed by atoms with Crippen LogP contribution in [0.3, 0.4) is 0 Å². The van der Waals surface area contributed by atoms with Gasteiger partial charge in [-0.1, -0.05) is 55.8 Å². The maximum absolute atomic E-state index is 12.7. The van der Waals surface area contributed by atoms with Crippen LogP contribution in [0.25, 0.3) is 11.1 Å². The summed E-state index contributed by atoms with van der Waals surface area (Å²) in [6, 6.07) is 11.3. The zero-order valence-corrected chi connectivity index (χ0v) is 19.1. The summed E-state index contributed by atoms with van der Waals surface area (Å²) in [5, 5.41) is 4.47. The molecule has 0 radical (unpaired) electrons. The summed E-state index contributed by atoms with van der Waals surface area (Å²) in [4.78, 5) is 36.9. The Labute approximate surface area is 191 Å². The predicted molar refractivity (Wildman–Crippen MR) is 128 cm³/mol. The van der Waals surface area contributed by atoms with Crippen LogP contribution in [0.4, 0.5) is 0 Å². The Kier molecular flexibility index (Phi) is 6.74. The second-order valence-corrected chi connectivity index (χ2v) is 9.20. The molecule has 174 valence electrons. The van der Waals surface area contributed by atoms with Gasteiger partial charge in [0.05, 0.1) is 5.71 Å². The number of oxime groups is 1. The topological polar surface area (TPSA) is 124 Å². The van der Waals surface area contributed by atoms with E-state index < -0.39 is 11.2 Å². The van der Waals surface area contributed by atoms with Crippen molar-refractivity contribution < 1.29 is 9.25 Å². The Morgan fingerprint density at radius 2 is 1.94 bits per heavy atom.